The van der Waals surface area contributed by atoms with Crippen LogP contribution in [0.5, 0.6) is 5.75 Å². The van der Waals surface area contributed by atoms with Crippen LogP contribution in [-0.2, 0) is 0 Å². The molecule has 2 aromatic carbocycles. The van der Waals surface area contributed by atoms with Crippen molar-refractivity contribution in [2.75, 3.05) is 11.9 Å². The average molecular weight is 395 g/mol. The normalized spacial score (nSPS) is 10.8. The number of ether oxygens (including phenoxy) is 1. The Kier molecular flexibility index (Phi) is 7.20. The number of nitrogens with one attached hydrogen (secondary N) is 1. The molecule has 1 aromatic heterocycles. The van der Waals surface area contributed by atoms with Gasteiger partial charge in [-0.2, -0.15) is 0 Å². The Morgan fingerprint density at radius 3 is 2.89 bits per heavy atom. The van der Waals surface area contributed by atoms with Gasteiger partial charge in [-0.15, -0.1) is 17.9 Å². The minimum absolute atomic E-state index is 0.132. The molecule has 0 spiro atoms. The molecule has 3 aromatic rings. The van der Waals surface area contributed by atoms with Crippen molar-refractivity contribution in [1.29, 1.82) is 0 Å². The van der Waals surface area contributed by atoms with Crippen LogP contribution in [0.3, 0.4) is 0 Å². The smallest absolute Gasteiger partial charge is 0.255 e. The van der Waals surface area contributed by atoms with Crippen LogP contribution in [0.1, 0.15) is 47.5 Å². The minimum Gasteiger partial charge on any atom is -0.494 e. The van der Waals surface area contributed by atoms with Gasteiger partial charge in [0.1, 0.15) is 5.75 Å². The molecule has 0 bridgehead atoms. The number of nitrogens with zero attached hydrogens (tertiary/aromatic N) is 1. The van der Waals surface area contributed by atoms with Gasteiger partial charge in [-0.25, -0.2) is 4.98 Å². The first-order valence-corrected chi connectivity index (χ1v) is 10.5. The highest BCUT2D eigenvalue weighted by Crippen LogP contribution is 2.24. The summed E-state index contributed by atoms with van der Waals surface area (Å²) < 4.78 is 6.85. The average Bonchev–Trinajstić information content (AvgIpc) is 3.06. The minimum atomic E-state index is -0.132. The number of amides is 1. The lowest BCUT2D eigenvalue weighted by Gasteiger charge is -2.09. The zero-order valence-electron chi connectivity index (χ0n) is 16.2. The number of hydrogen-bond donors (Lipinski definition) is 1. The summed E-state index contributed by atoms with van der Waals surface area (Å²) in [5.41, 5.74) is 2.29. The van der Waals surface area contributed by atoms with Crippen LogP contribution in [0.4, 0.5) is 5.69 Å². The van der Waals surface area contributed by atoms with Gasteiger partial charge >= 0.3 is 0 Å². The van der Waals surface area contributed by atoms with E-state index in [2.05, 4.69) is 16.9 Å². The zero-order chi connectivity index (χ0) is 19.8. The van der Waals surface area contributed by atoms with Crippen LogP contribution < -0.4 is 10.1 Å². The Labute approximate surface area is 170 Å². The number of benzene rings is 2. The first-order chi connectivity index (χ1) is 13.7. The van der Waals surface area contributed by atoms with E-state index in [-0.39, 0.29) is 5.91 Å². The number of thiazole rings is 1. The molecular weight excluding hydrogens is 368 g/mol. The molecule has 0 aliphatic rings. The third-order valence-electron chi connectivity index (χ3n) is 4.42. The van der Waals surface area contributed by atoms with E-state index in [1.54, 1.807) is 11.3 Å². The third kappa shape index (κ3) is 5.67. The molecule has 1 N–H and O–H groups in total. The molecular formula is C23H26N2O2S. The summed E-state index contributed by atoms with van der Waals surface area (Å²) in [6.45, 7) is 6.40. The number of unbranched alkanes of at least 4 members (excludes halogenated alkanes) is 4. The fourth-order valence-corrected chi connectivity index (χ4v) is 3.85. The fraction of sp³-hybridized carbons (Fsp3) is 0.304. The molecule has 28 heavy (non-hydrogen) atoms. The third-order valence-corrected chi connectivity index (χ3v) is 5.35. The van der Waals surface area contributed by atoms with E-state index in [4.69, 9.17) is 4.74 Å². The Bertz CT molecular complexity index is 949. The van der Waals surface area contributed by atoms with E-state index in [1.165, 1.54) is 12.8 Å². The maximum absolute atomic E-state index is 12.6. The van der Waals surface area contributed by atoms with Crippen molar-refractivity contribution in [2.45, 2.75) is 39.0 Å². The molecule has 0 fully saturated rings. The van der Waals surface area contributed by atoms with Gasteiger partial charge in [0.05, 0.1) is 21.8 Å². The number of fused-ring (bicyclic) bond motifs is 1. The number of anilines is 1. The lowest BCUT2D eigenvalue weighted by atomic mass is 10.1. The molecule has 0 unspecified atom stereocenters. The quantitative estimate of drug-likeness (QED) is 0.321. The summed E-state index contributed by atoms with van der Waals surface area (Å²) in [7, 11) is 0. The van der Waals surface area contributed by atoms with Crippen LogP contribution in [0.15, 0.2) is 55.1 Å². The Balaban J connectivity index is 1.53. The van der Waals surface area contributed by atoms with Gasteiger partial charge in [0.15, 0.2) is 0 Å². The van der Waals surface area contributed by atoms with E-state index < -0.39 is 0 Å². The van der Waals surface area contributed by atoms with Crippen molar-refractivity contribution in [3.63, 3.8) is 0 Å². The predicted molar refractivity (Wildman–Crippen MR) is 118 cm³/mol. The van der Waals surface area contributed by atoms with Crippen molar-refractivity contribution in [1.82, 2.24) is 4.98 Å². The molecule has 0 aliphatic heterocycles. The maximum Gasteiger partial charge on any atom is 0.255 e. The topological polar surface area (TPSA) is 51.2 Å². The molecule has 0 atom stereocenters. The van der Waals surface area contributed by atoms with Crippen LogP contribution in [0.2, 0.25) is 0 Å². The highest BCUT2D eigenvalue weighted by Gasteiger charge is 2.09. The second-order valence-electron chi connectivity index (χ2n) is 6.74. The van der Waals surface area contributed by atoms with Gasteiger partial charge in [0.25, 0.3) is 5.91 Å². The van der Waals surface area contributed by atoms with Gasteiger partial charge in [-0.05, 0) is 56.5 Å². The van der Waals surface area contributed by atoms with Crippen molar-refractivity contribution >= 4 is 33.1 Å². The number of carbonyl (C=O) groups is 1. The van der Waals surface area contributed by atoms with Gasteiger partial charge in [0.2, 0.25) is 0 Å². The molecule has 0 saturated heterocycles. The van der Waals surface area contributed by atoms with E-state index in [1.807, 2.05) is 55.5 Å². The maximum atomic E-state index is 12.6. The number of rotatable bonds is 10. The summed E-state index contributed by atoms with van der Waals surface area (Å²) in [4.78, 5) is 17.0. The monoisotopic (exact) mass is 394 g/mol. The number of carbonyl (C=O) groups excluding carboxylic acids is 1. The van der Waals surface area contributed by atoms with Gasteiger partial charge in [-0.1, -0.05) is 25.0 Å². The molecule has 5 heteroatoms. The molecule has 3 rings (SSSR count). The second kappa shape index (κ2) is 10.0. The summed E-state index contributed by atoms with van der Waals surface area (Å²) >= 11 is 1.59. The SMILES string of the molecule is C=CCCCCCCOc1cccc(NC(=O)c2ccc3nc(C)sc3c2)c1. The highest BCUT2D eigenvalue weighted by molar-refractivity contribution is 7.18. The van der Waals surface area contributed by atoms with Gasteiger partial charge in [-0.3, -0.25) is 4.79 Å². The highest BCUT2D eigenvalue weighted by atomic mass is 32.1. The summed E-state index contributed by atoms with van der Waals surface area (Å²) in [5, 5.41) is 3.95. The molecule has 1 amide bonds. The second-order valence-corrected chi connectivity index (χ2v) is 7.97. The predicted octanol–water partition coefficient (Wildman–Crippen LogP) is 6.37. The van der Waals surface area contributed by atoms with Gasteiger partial charge < -0.3 is 10.1 Å². The molecule has 4 nitrogen and oxygen atoms in total. The van der Waals surface area contributed by atoms with Crippen LogP contribution in [-0.4, -0.2) is 17.5 Å². The van der Waals surface area contributed by atoms with Crippen molar-refractivity contribution in [3.8, 4) is 5.75 Å². The van der Waals surface area contributed by atoms with Crippen molar-refractivity contribution < 1.29 is 9.53 Å². The lowest BCUT2D eigenvalue weighted by Crippen LogP contribution is -2.11. The zero-order valence-corrected chi connectivity index (χ0v) is 17.1. The molecule has 0 saturated carbocycles. The summed E-state index contributed by atoms with van der Waals surface area (Å²) in [6.07, 6.45) is 7.63. The number of allylic oxidation sites excluding steroid dienone is 1. The van der Waals surface area contributed by atoms with E-state index in [9.17, 15) is 4.79 Å². The van der Waals surface area contributed by atoms with Crippen LogP contribution in [0.25, 0.3) is 10.2 Å². The van der Waals surface area contributed by atoms with Gasteiger partial charge in [0, 0.05) is 17.3 Å². The van der Waals surface area contributed by atoms with Crippen molar-refractivity contribution in [2.24, 2.45) is 0 Å². The Hall–Kier alpha value is -2.66. The Morgan fingerprint density at radius 2 is 2.04 bits per heavy atom. The molecule has 1 heterocycles. The van der Waals surface area contributed by atoms with E-state index in [0.29, 0.717) is 12.2 Å². The lowest BCUT2D eigenvalue weighted by molar-refractivity contribution is 0.102. The standard InChI is InChI=1S/C23H26N2O2S/c1-3-4-5-6-7-8-14-27-20-11-9-10-19(16-20)25-23(26)18-12-13-21-22(15-18)28-17(2)24-21/h3,9-13,15-16H,1,4-8,14H2,2H3,(H,25,26). The van der Waals surface area contributed by atoms with E-state index in [0.717, 1.165) is 45.9 Å². The number of aryl methyl sites for hydroxylation is 1. The van der Waals surface area contributed by atoms with E-state index >= 15 is 0 Å². The Morgan fingerprint density at radius 1 is 1.18 bits per heavy atom. The first kappa shape index (κ1) is 20.1. The summed E-state index contributed by atoms with van der Waals surface area (Å²) in [6, 6.07) is 13.1. The number of hydrogen-bond acceptors (Lipinski definition) is 4. The molecule has 0 radical (unpaired) electrons. The molecule has 0 aliphatic carbocycles. The number of aromatic nitrogens is 1. The van der Waals surface area contributed by atoms with Crippen LogP contribution >= 0.6 is 11.3 Å². The largest absolute Gasteiger partial charge is 0.494 e. The van der Waals surface area contributed by atoms with Crippen LogP contribution in [0, 0.1) is 6.92 Å². The summed E-state index contributed by atoms with van der Waals surface area (Å²) in [5.74, 6) is 0.643. The van der Waals surface area contributed by atoms with Crippen molar-refractivity contribution in [3.05, 3.63) is 65.7 Å². The first-order valence-electron chi connectivity index (χ1n) is 9.68. The fourth-order valence-electron chi connectivity index (χ4n) is 2.98. The molecule has 146 valence electrons.